The Balaban J connectivity index is 2.42. The second-order valence-electron chi connectivity index (χ2n) is 7.07. The first-order valence-corrected chi connectivity index (χ1v) is 10.6. The molecule has 0 aliphatic heterocycles. The van der Waals surface area contributed by atoms with Crippen LogP contribution in [0.25, 0.3) is 0 Å². The average Bonchev–Trinajstić information content (AvgIpc) is 2.76. The number of rotatable bonds is 7. The van der Waals surface area contributed by atoms with Gasteiger partial charge in [-0.25, -0.2) is 9.99 Å². The number of hydrogen-bond donors (Lipinski definition) is 2. The lowest BCUT2D eigenvalue weighted by molar-refractivity contribution is -0.156. The zero-order valence-electron chi connectivity index (χ0n) is 18.6. The Bertz CT molecular complexity index is 1100. The number of halogens is 5. The summed E-state index contributed by atoms with van der Waals surface area (Å²) in [6.07, 6.45) is -3.19. The monoisotopic (exact) mass is 519 g/mol. The Morgan fingerprint density at radius 3 is 2.56 bits per heavy atom. The number of aromatic nitrogens is 1. The summed E-state index contributed by atoms with van der Waals surface area (Å²) in [6.45, 7) is 2.73. The van der Waals surface area contributed by atoms with Gasteiger partial charge in [-0.15, -0.1) is 5.10 Å². The summed E-state index contributed by atoms with van der Waals surface area (Å²) in [5.41, 5.74) is 0.854. The predicted molar refractivity (Wildman–Crippen MR) is 125 cm³/mol. The van der Waals surface area contributed by atoms with Crippen molar-refractivity contribution >= 4 is 52.4 Å². The molecule has 1 aromatic carbocycles. The number of aryl methyl sites for hydroxylation is 1. The highest BCUT2D eigenvalue weighted by Crippen LogP contribution is 2.28. The van der Waals surface area contributed by atoms with Crippen molar-refractivity contribution in [2.45, 2.75) is 33.0 Å². The molecule has 2 amide bonds. The highest BCUT2D eigenvalue weighted by molar-refractivity contribution is 6.33. The Morgan fingerprint density at radius 2 is 1.97 bits per heavy atom. The first kappa shape index (κ1) is 27.2. The predicted octanol–water partition coefficient (Wildman–Crippen LogP) is 4.80. The molecule has 1 heterocycles. The minimum absolute atomic E-state index is 0.0149. The maximum atomic E-state index is 13.2. The third kappa shape index (κ3) is 7.22. The molecule has 1 aromatic heterocycles. The van der Waals surface area contributed by atoms with Crippen LogP contribution in [0.2, 0.25) is 10.0 Å². The molecule has 2 aromatic rings. The number of anilines is 2. The van der Waals surface area contributed by atoms with Crippen LogP contribution in [0.5, 0.6) is 0 Å². The van der Waals surface area contributed by atoms with E-state index in [1.54, 1.807) is 13.0 Å². The van der Waals surface area contributed by atoms with Gasteiger partial charge in [0.15, 0.2) is 12.4 Å². The van der Waals surface area contributed by atoms with E-state index in [0.29, 0.717) is 10.6 Å². The number of nitrogens with zero attached hydrogens (tertiary/aromatic N) is 3. The van der Waals surface area contributed by atoms with Crippen molar-refractivity contribution in [2.75, 3.05) is 24.0 Å². The van der Waals surface area contributed by atoms with E-state index in [4.69, 9.17) is 23.2 Å². The van der Waals surface area contributed by atoms with Crippen LogP contribution in [0.4, 0.5) is 24.7 Å². The summed E-state index contributed by atoms with van der Waals surface area (Å²) in [7, 11) is 1.43. The van der Waals surface area contributed by atoms with Gasteiger partial charge >= 0.3 is 6.18 Å². The Morgan fingerprint density at radius 1 is 1.29 bits per heavy atom. The molecule has 0 saturated carbocycles. The van der Waals surface area contributed by atoms with E-state index in [2.05, 4.69) is 25.5 Å². The molecule has 0 spiro atoms. The van der Waals surface area contributed by atoms with Crippen LogP contribution in [0, 0.1) is 6.92 Å². The summed E-state index contributed by atoms with van der Waals surface area (Å²) in [6, 6.07) is 4.85. The molecular weight excluding hydrogens is 498 g/mol. The van der Waals surface area contributed by atoms with E-state index in [9.17, 15) is 22.8 Å². The van der Waals surface area contributed by atoms with Crippen LogP contribution in [0.3, 0.4) is 0 Å². The lowest BCUT2D eigenvalue weighted by Crippen LogP contribution is -2.41. The quantitative estimate of drug-likeness (QED) is 0.311. The molecule has 0 radical (unpaired) electrons. The second-order valence-corrected chi connectivity index (χ2v) is 7.91. The van der Waals surface area contributed by atoms with Crippen LogP contribution in [0.1, 0.15) is 29.8 Å². The zero-order chi connectivity index (χ0) is 25.6. The van der Waals surface area contributed by atoms with E-state index in [1.807, 2.05) is 0 Å². The van der Waals surface area contributed by atoms with Crippen molar-refractivity contribution in [3.8, 4) is 0 Å². The van der Waals surface area contributed by atoms with Gasteiger partial charge in [0.05, 0.1) is 16.3 Å². The number of nitrogens with one attached hydrogen (secondary N) is 2. The lowest BCUT2D eigenvalue weighted by atomic mass is 10.1. The van der Waals surface area contributed by atoms with Gasteiger partial charge in [-0.3, -0.25) is 9.59 Å². The number of carbonyl (C=O) groups excluding carboxylic acids is 2. The van der Waals surface area contributed by atoms with Gasteiger partial charge in [-0.2, -0.15) is 13.2 Å². The molecule has 1 atom stereocenters. The number of hydrogen-bond acceptors (Lipinski definition) is 6. The van der Waals surface area contributed by atoms with E-state index in [0.717, 1.165) is 5.01 Å². The molecule has 0 saturated heterocycles. The maximum absolute atomic E-state index is 13.2. The molecule has 8 nitrogen and oxygen atoms in total. The summed E-state index contributed by atoms with van der Waals surface area (Å²) in [5, 5.41) is 10.6. The summed E-state index contributed by atoms with van der Waals surface area (Å²) in [4.78, 5) is 29.5. The first-order chi connectivity index (χ1) is 15.8. The highest BCUT2D eigenvalue weighted by atomic mass is 35.5. The van der Waals surface area contributed by atoms with Crippen molar-refractivity contribution in [3.63, 3.8) is 0 Å². The van der Waals surface area contributed by atoms with Gasteiger partial charge in [-0.1, -0.05) is 23.2 Å². The smallest absolute Gasteiger partial charge is 0.422 e. The molecule has 0 fully saturated rings. The van der Waals surface area contributed by atoms with Crippen molar-refractivity contribution in [1.82, 2.24) is 10.3 Å². The van der Waals surface area contributed by atoms with E-state index >= 15 is 0 Å². The summed E-state index contributed by atoms with van der Waals surface area (Å²) >= 11 is 12.2. The van der Waals surface area contributed by atoms with Crippen LogP contribution in [-0.4, -0.2) is 48.6 Å². The molecule has 2 N–H and O–H groups in total. The Hall–Kier alpha value is -3.05. The van der Waals surface area contributed by atoms with Gasteiger partial charge < -0.3 is 15.4 Å². The van der Waals surface area contributed by atoms with Crippen molar-refractivity contribution in [2.24, 2.45) is 5.10 Å². The number of ether oxygens (including phenoxy) is 1. The number of carbonyl (C=O) groups is 2. The van der Waals surface area contributed by atoms with Crippen LogP contribution < -0.4 is 15.6 Å². The average molecular weight is 520 g/mol. The molecule has 0 bridgehead atoms. The summed E-state index contributed by atoms with van der Waals surface area (Å²) in [5.74, 6) is -1.48. The molecule has 2 rings (SSSR count). The summed E-state index contributed by atoms with van der Waals surface area (Å²) < 4.78 is 42.3. The van der Waals surface area contributed by atoms with Crippen molar-refractivity contribution in [1.29, 1.82) is 0 Å². The van der Waals surface area contributed by atoms with E-state index in [1.165, 1.54) is 45.3 Å². The molecule has 184 valence electrons. The largest absolute Gasteiger partial charge is 0.470 e. The third-order valence-corrected chi connectivity index (χ3v) is 4.93. The van der Waals surface area contributed by atoms with Crippen LogP contribution in [0.15, 0.2) is 35.6 Å². The molecule has 34 heavy (non-hydrogen) atoms. The number of benzene rings is 1. The molecule has 1 unspecified atom stereocenters. The van der Waals surface area contributed by atoms with Gasteiger partial charge in [0.25, 0.3) is 5.91 Å². The number of pyridine rings is 1. The van der Waals surface area contributed by atoms with Crippen LogP contribution in [-0.2, 0) is 9.53 Å². The maximum Gasteiger partial charge on any atom is 0.422 e. The van der Waals surface area contributed by atoms with Gasteiger partial charge in [0.1, 0.15) is 6.04 Å². The number of alkyl halides is 3. The Labute approximate surface area is 204 Å². The topological polar surface area (TPSA) is 95.9 Å². The van der Waals surface area contributed by atoms with Crippen molar-refractivity contribution in [3.05, 3.63) is 51.6 Å². The second kappa shape index (κ2) is 11.4. The molecule has 0 aliphatic carbocycles. The molecule has 13 heteroatoms. The normalized spacial score (nSPS) is 12.7. The number of amides is 2. The van der Waals surface area contributed by atoms with Gasteiger partial charge in [-0.05, 0) is 43.7 Å². The fourth-order valence-corrected chi connectivity index (χ4v) is 3.27. The first-order valence-electron chi connectivity index (χ1n) is 9.81. The Kier molecular flexibility index (Phi) is 9.11. The minimum atomic E-state index is -4.57. The fourth-order valence-electron chi connectivity index (χ4n) is 2.79. The fraction of sp³-hybridized carbons (Fsp3) is 0.333. The standard InChI is InChI=1S/C21H22Cl2F3N5O3/c1-11-8-14(22)9-15(20(33)27-4)17(11)29-19(32)12(2)31(18-16(23)6-5-7-28-18)30-13(3)34-10-21(24,25)26/h5-9,12H,10H2,1-4H3,(H,27,33)(H,29,32)/b30-13+. The van der Waals surface area contributed by atoms with Crippen molar-refractivity contribution < 1.29 is 27.5 Å². The zero-order valence-corrected chi connectivity index (χ0v) is 20.1. The third-order valence-electron chi connectivity index (χ3n) is 4.42. The van der Waals surface area contributed by atoms with E-state index in [-0.39, 0.29) is 28.0 Å². The molecule has 0 aliphatic rings. The lowest BCUT2D eigenvalue weighted by Gasteiger charge is -2.26. The van der Waals surface area contributed by atoms with Crippen LogP contribution >= 0.6 is 23.2 Å². The minimum Gasteiger partial charge on any atom is -0.470 e. The number of hydrazone groups is 1. The van der Waals surface area contributed by atoms with Gasteiger partial charge in [0, 0.05) is 25.2 Å². The molecular formula is C21H22Cl2F3N5O3. The highest BCUT2D eigenvalue weighted by Gasteiger charge is 2.30. The van der Waals surface area contributed by atoms with E-state index < -0.39 is 30.6 Å². The van der Waals surface area contributed by atoms with Gasteiger partial charge in [0.2, 0.25) is 11.8 Å². The SMILES string of the molecule is CNC(=O)c1cc(Cl)cc(C)c1NC(=O)C(C)N(/N=C(\C)OCC(F)(F)F)c1ncccc1Cl.